The zero-order valence-corrected chi connectivity index (χ0v) is 21.4. The Morgan fingerprint density at radius 1 is 1.17 bits per heavy atom. The van der Waals surface area contributed by atoms with Gasteiger partial charge in [0, 0.05) is 21.8 Å². The number of anilines is 1. The summed E-state index contributed by atoms with van der Waals surface area (Å²) in [4.78, 5) is 23.2. The van der Waals surface area contributed by atoms with Crippen molar-refractivity contribution in [1.29, 1.82) is 5.26 Å². The summed E-state index contributed by atoms with van der Waals surface area (Å²) in [6.45, 7) is 1.83. The van der Waals surface area contributed by atoms with Gasteiger partial charge in [0.25, 0.3) is 5.91 Å². The van der Waals surface area contributed by atoms with Gasteiger partial charge in [-0.3, -0.25) is 14.9 Å². The molecule has 0 atom stereocenters. The Hall–Kier alpha value is -3.69. The Labute approximate surface area is 219 Å². The summed E-state index contributed by atoms with van der Waals surface area (Å²) in [7, 11) is 0. The number of halogens is 5. The average molecular weight is 625 g/mol. The number of ether oxygens (including phenoxy) is 1. The number of aryl methyl sites for hydroxylation is 1. The number of nitrogens with one attached hydrogen (secondary N) is 1. The third-order valence-electron chi connectivity index (χ3n) is 4.67. The van der Waals surface area contributed by atoms with Crippen LogP contribution in [0.15, 0.2) is 69.1 Å². The van der Waals surface area contributed by atoms with E-state index in [4.69, 9.17) is 4.74 Å². The molecule has 0 fully saturated rings. The van der Waals surface area contributed by atoms with E-state index in [0.717, 1.165) is 11.6 Å². The van der Waals surface area contributed by atoms with E-state index < -0.39 is 34.0 Å². The van der Waals surface area contributed by atoms with Gasteiger partial charge in [-0.15, -0.1) is 0 Å². The highest BCUT2D eigenvalue weighted by Gasteiger charge is 2.33. The van der Waals surface area contributed by atoms with Crippen molar-refractivity contribution in [2.45, 2.75) is 13.1 Å². The summed E-state index contributed by atoms with van der Waals surface area (Å²) in [5.74, 6) is -1.24. The molecule has 0 aliphatic carbocycles. The summed E-state index contributed by atoms with van der Waals surface area (Å²) in [6.07, 6.45) is -3.59. The Balaban J connectivity index is 2.05. The third-order valence-corrected chi connectivity index (χ3v) is 5.72. The van der Waals surface area contributed by atoms with Gasteiger partial charge < -0.3 is 10.1 Å². The molecule has 0 bridgehead atoms. The highest BCUT2D eigenvalue weighted by atomic mass is 79.9. The van der Waals surface area contributed by atoms with Crippen LogP contribution < -0.4 is 10.1 Å². The maximum Gasteiger partial charge on any atom is 0.416 e. The van der Waals surface area contributed by atoms with Crippen LogP contribution in [0.4, 0.5) is 24.5 Å². The van der Waals surface area contributed by atoms with Gasteiger partial charge in [-0.2, -0.15) is 18.4 Å². The number of benzene rings is 3. The molecular formula is C24H14Br2F3N3O4. The van der Waals surface area contributed by atoms with Crippen LogP contribution in [0.25, 0.3) is 6.08 Å². The van der Waals surface area contributed by atoms with E-state index in [0.29, 0.717) is 22.3 Å². The lowest BCUT2D eigenvalue weighted by molar-refractivity contribution is -0.385. The largest absolute Gasteiger partial charge is 0.448 e. The van der Waals surface area contributed by atoms with E-state index >= 15 is 0 Å². The fraction of sp³-hybridized carbons (Fsp3) is 0.0833. The number of alkyl halides is 3. The minimum absolute atomic E-state index is 0.0582. The predicted molar refractivity (Wildman–Crippen MR) is 133 cm³/mol. The van der Waals surface area contributed by atoms with Crippen LogP contribution in [-0.4, -0.2) is 10.8 Å². The number of nitro groups is 1. The Kier molecular flexibility index (Phi) is 8.17. The maximum atomic E-state index is 13.0. The Bertz CT molecular complexity index is 1430. The van der Waals surface area contributed by atoms with Crippen molar-refractivity contribution in [3.8, 4) is 17.6 Å². The van der Waals surface area contributed by atoms with Gasteiger partial charge in [-0.25, -0.2) is 0 Å². The first-order valence-corrected chi connectivity index (χ1v) is 11.5. The summed E-state index contributed by atoms with van der Waals surface area (Å²) < 4.78 is 45.6. The molecule has 0 aromatic heterocycles. The van der Waals surface area contributed by atoms with Gasteiger partial charge in [-0.05, 0) is 70.9 Å². The SMILES string of the molecule is Cc1cccc(NC(=O)/C(C#N)=C/c2cc(Br)cc(Br)c2Oc2ccc(C(F)(F)F)cc2[N+](=O)[O-])c1. The van der Waals surface area contributed by atoms with Crippen LogP contribution >= 0.6 is 31.9 Å². The van der Waals surface area contributed by atoms with Crippen LogP contribution in [0.5, 0.6) is 11.5 Å². The van der Waals surface area contributed by atoms with E-state index in [1.54, 1.807) is 24.3 Å². The van der Waals surface area contributed by atoms with Crippen LogP contribution in [0.1, 0.15) is 16.7 Å². The molecule has 1 N–H and O–H groups in total. The fourth-order valence-corrected chi connectivity index (χ4v) is 4.39. The number of amides is 1. The van der Waals surface area contributed by atoms with Crippen LogP contribution in [0, 0.1) is 28.4 Å². The lowest BCUT2D eigenvalue weighted by atomic mass is 10.1. The summed E-state index contributed by atoms with van der Waals surface area (Å²) in [5, 5.41) is 23.7. The number of carbonyl (C=O) groups is 1. The molecule has 7 nitrogen and oxygen atoms in total. The van der Waals surface area contributed by atoms with Gasteiger partial charge in [0.2, 0.25) is 5.75 Å². The number of nitro benzene ring substituents is 1. The van der Waals surface area contributed by atoms with Gasteiger partial charge in [-0.1, -0.05) is 28.1 Å². The third kappa shape index (κ3) is 6.50. The van der Waals surface area contributed by atoms with Gasteiger partial charge in [0.15, 0.2) is 0 Å². The van der Waals surface area contributed by atoms with Crippen molar-refractivity contribution in [2.75, 3.05) is 5.32 Å². The monoisotopic (exact) mass is 623 g/mol. The van der Waals surface area contributed by atoms with Gasteiger partial charge in [0.1, 0.15) is 17.4 Å². The van der Waals surface area contributed by atoms with E-state index in [9.17, 15) is 33.3 Å². The molecule has 0 saturated carbocycles. The molecule has 0 heterocycles. The highest BCUT2D eigenvalue weighted by molar-refractivity contribution is 9.11. The minimum Gasteiger partial charge on any atom is -0.448 e. The molecule has 3 aromatic carbocycles. The quantitative estimate of drug-likeness (QED) is 0.130. The summed E-state index contributed by atoms with van der Waals surface area (Å²) in [6, 6.07) is 13.6. The number of hydrogen-bond donors (Lipinski definition) is 1. The van der Waals surface area contributed by atoms with Gasteiger partial charge >= 0.3 is 11.9 Å². The topological polar surface area (TPSA) is 105 Å². The first kappa shape index (κ1) is 26.9. The van der Waals surface area contributed by atoms with Crippen LogP contribution in [0.2, 0.25) is 0 Å². The molecule has 0 aliphatic rings. The van der Waals surface area contributed by atoms with Crippen LogP contribution in [0.3, 0.4) is 0 Å². The molecule has 1 amide bonds. The second kappa shape index (κ2) is 10.9. The van der Waals surface area contributed by atoms with Crippen molar-refractivity contribution in [2.24, 2.45) is 0 Å². The molecule has 0 spiro atoms. The minimum atomic E-state index is -4.79. The Morgan fingerprint density at radius 3 is 2.50 bits per heavy atom. The molecule has 0 unspecified atom stereocenters. The highest BCUT2D eigenvalue weighted by Crippen LogP contribution is 2.42. The molecule has 36 heavy (non-hydrogen) atoms. The van der Waals surface area contributed by atoms with Crippen LogP contribution in [-0.2, 0) is 11.0 Å². The van der Waals surface area contributed by atoms with E-state index in [1.807, 2.05) is 13.0 Å². The molecule has 0 saturated heterocycles. The summed E-state index contributed by atoms with van der Waals surface area (Å²) >= 11 is 6.54. The van der Waals surface area contributed by atoms with Crippen molar-refractivity contribution in [1.82, 2.24) is 0 Å². The molecular weight excluding hydrogens is 611 g/mol. The fourth-order valence-electron chi connectivity index (χ4n) is 3.05. The first-order chi connectivity index (χ1) is 16.9. The van der Waals surface area contributed by atoms with E-state index in [1.165, 1.54) is 18.2 Å². The lowest BCUT2D eigenvalue weighted by Gasteiger charge is -2.14. The van der Waals surface area contributed by atoms with Crippen molar-refractivity contribution >= 4 is 55.2 Å². The Morgan fingerprint density at radius 2 is 1.89 bits per heavy atom. The molecule has 12 heteroatoms. The molecule has 3 aromatic rings. The number of rotatable bonds is 6. The van der Waals surface area contributed by atoms with Crippen molar-refractivity contribution in [3.05, 3.63) is 95.9 Å². The second-order valence-electron chi connectivity index (χ2n) is 7.34. The van der Waals surface area contributed by atoms with Crippen molar-refractivity contribution in [3.63, 3.8) is 0 Å². The van der Waals surface area contributed by atoms with E-state index in [2.05, 4.69) is 37.2 Å². The lowest BCUT2D eigenvalue weighted by Crippen LogP contribution is -2.13. The average Bonchev–Trinajstić information content (AvgIpc) is 2.78. The normalized spacial score (nSPS) is 11.5. The first-order valence-electron chi connectivity index (χ1n) is 9.91. The number of carbonyl (C=O) groups excluding carboxylic acids is 1. The molecule has 0 radical (unpaired) electrons. The maximum absolute atomic E-state index is 13.0. The standard InChI is InChI=1S/C24H14Br2F3N3O4/c1-13-3-2-4-18(7-13)31-23(33)15(12-30)8-14-9-17(25)11-19(26)22(14)36-21-6-5-16(24(27,28)29)10-20(21)32(34)35/h2-11H,1H3,(H,31,33)/b15-8+. The number of hydrogen-bond acceptors (Lipinski definition) is 5. The number of nitriles is 1. The second-order valence-corrected chi connectivity index (χ2v) is 9.11. The number of nitrogens with zero attached hydrogens (tertiary/aromatic N) is 2. The zero-order valence-electron chi connectivity index (χ0n) is 18.2. The smallest absolute Gasteiger partial charge is 0.416 e. The molecule has 3 rings (SSSR count). The predicted octanol–water partition coefficient (Wildman–Crippen LogP) is 7.79. The molecule has 184 valence electrons. The molecule has 0 aliphatic heterocycles. The van der Waals surface area contributed by atoms with Gasteiger partial charge in [0.05, 0.1) is 15.0 Å². The summed E-state index contributed by atoms with van der Waals surface area (Å²) in [5.41, 5.74) is -0.925. The van der Waals surface area contributed by atoms with Crippen molar-refractivity contribution < 1.29 is 27.6 Å². The van der Waals surface area contributed by atoms with E-state index in [-0.39, 0.29) is 21.4 Å². The zero-order chi connectivity index (χ0) is 26.6.